The van der Waals surface area contributed by atoms with E-state index in [1.807, 2.05) is 42.3 Å². The van der Waals surface area contributed by atoms with Crippen LogP contribution in [-0.4, -0.2) is 53.2 Å². The quantitative estimate of drug-likeness (QED) is 0.785. The molecule has 7 nitrogen and oxygen atoms in total. The van der Waals surface area contributed by atoms with Gasteiger partial charge in [0.15, 0.2) is 5.69 Å². The number of primary amides is 1. The number of carbonyl (C=O) groups is 2. The summed E-state index contributed by atoms with van der Waals surface area (Å²) in [5.41, 5.74) is 6.65. The normalized spacial score (nSPS) is 14.6. The molecule has 0 saturated carbocycles. The second-order valence-corrected chi connectivity index (χ2v) is 6.65. The zero-order valence-electron chi connectivity index (χ0n) is 15.4. The predicted molar refractivity (Wildman–Crippen MR) is 107 cm³/mol. The van der Waals surface area contributed by atoms with Crippen LogP contribution in [-0.2, 0) is 0 Å². The van der Waals surface area contributed by atoms with Crippen molar-refractivity contribution in [3.63, 3.8) is 0 Å². The van der Waals surface area contributed by atoms with Crippen LogP contribution in [0.2, 0.25) is 0 Å². The number of amides is 2. The highest BCUT2D eigenvalue weighted by Crippen LogP contribution is 2.22. The Morgan fingerprint density at radius 3 is 2.48 bits per heavy atom. The Morgan fingerprint density at radius 1 is 1.22 bits per heavy atom. The molecule has 1 aromatic heterocycles. The zero-order valence-corrected chi connectivity index (χ0v) is 16.2. The minimum absolute atomic E-state index is 0. The topological polar surface area (TPSA) is 93.3 Å². The molecular weight excluding hydrogens is 366 g/mol. The Labute approximate surface area is 165 Å². The predicted octanol–water partition coefficient (Wildman–Crippen LogP) is 1.85. The van der Waals surface area contributed by atoms with E-state index in [1.54, 1.807) is 0 Å². The van der Waals surface area contributed by atoms with Crippen molar-refractivity contribution >= 4 is 24.2 Å². The average Bonchev–Trinajstić information content (AvgIpc) is 3.13. The first-order valence-electron chi connectivity index (χ1n) is 8.99. The Bertz CT molecular complexity index is 770. The lowest BCUT2D eigenvalue weighted by atomic mass is 9.93. The lowest BCUT2D eigenvalue weighted by Crippen LogP contribution is -2.39. The highest BCUT2D eigenvalue weighted by Gasteiger charge is 2.26. The van der Waals surface area contributed by atoms with Crippen molar-refractivity contribution in [1.82, 2.24) is 20.0 Å². The van der Waals surface area contributed by atoms with Crippen LogP contribution >= 0.6 is 12.4 Å². The summed E-state index contributed by atoms with van der Waals surface area (Å²) in [5.74, 6) is -0.102. The lowest BCUT2D eigenvalue weighted by molar-refractivity contribution is 0.0680. The SMILES string of the molecule is CNCCC1CCN(C(=O)c2cc(C(N)=O)n(-c3ccccc3)n2)CC1.Cl. The van der Waals surface area contributed by atoms with E-state index in [1.165, 1.54) is 10.7 Å². The molecule has 1 aliphatic rings. The fourth-order valence-electron chi connectivity index (χ4n) is 3.36. The number of aromatic nitrogens is 2. The number of nitrogens with zero attached hydrogens (tertiary/aromatic N) is 3. The summed E-state index contributed by atoms with van der Waals surface area (Å²) in [6, 6.07) is 10.7. The van der Waals surface area contributed by atoms with Crippen molar-refractivity contribution in [3.05, 3.63) is 47.8 Å². The number of hydrogen-bond acceptors (Lipinski definition) is 4. The number of rotatable bonds is 6. The molecule has 8 heteroatoms. The van der Waals surface area contributed by atoms with Crippen molar-refractivity contribution in [2.45, 2.75) is 19.3 Å². The minimum Gasteiger partial charge on any atom is -0.364 e. The molecule has 1 saturated heterocycles. The molecule has 1 fully saturated rings. The van der Waals surface area contributed by atoms with Gasteiger partial charge in [-0.3, -0.25) is 9.59 Å². The number of carbonyl (C=O) groups excluding carboxylic acids is 2. The standard InChI is InChI=1S/C19H25N5O2.ClH/c1-21-10-7-14-8-11-23(12-9-14)19(26)16-13-17(18(20)25)24(22-16)15-5-3-2-4-6-15;/h2-6,13-14,21H,7-12H2,1H3,(H2,20,25);1H. The van der Waals surface area contributed by atoms with Gasteiger partial charge in [-0.25, -0.2) is 4.68 Å². The van der Waals surface area contributed by atoms with E-state index in [2.05, 4.69) is 10.4 Å². The maximum Gasteiger partial charge on any atom is 0.274 e. The Morgan fingerprint density at radius 2 is 1.89 bits per heavy atom. The van der Waals surface area contributed by atoms with Crippen molar-refractivity contribution < 1.29 is 9.59 Å². The van der Waals surface area contributed by atoms with E-state index in [0.717, 1.165) is 38.9 Å². The number of piperidine rings is 1. The van der Waals surface area contributed by atoms with E-state index < -0.39 is 5.91 Å². The second kappa shape index (κ2) is 9.53. The van der Waals surface area contributed by atoms with Crippen LogP contribution in [0, 0.1) is 5.92 Å². The van der Waals surface area contributed by atoms with Crippen LogP contribution < -0.4 is 11.1 Å². The van der Waals surface area contributed by atoms with Crippen LogP contribution in [0.25, 0.3) is 5.69 Å². The molecule has 2 aromatic rings. The Kier molecular flexibility index (Phi) is 7.38. The van der Waals surface area contributed by atoms with E-state index in [4.69, 9.17) is 5.73 Å². The van der Waals surface area contributed by atoms with Gasteiger partial charge in [-0.1, -0.05) is 18.2 Å². The van der Waals surface area contributed by atoms with Gasteiger partial charge in [0.1, 0.15) is 5.69 Å². The number of nitrogens with one attached hydrogen (secondary N) is 1. The van der Waals surface area contributed by atoms with Crippen LogP contribution in [0.4, 0.5) is 0 Å². The molecule has 0 bridgehead atoms. The van der Waals surface area contributed by atoms with Crippen molar-refractivity contribution in [1.29, 1.82) is 0 Å². The molecular formula is C19H26ClN5O2. The first kappa shape index (κ1) is 20.9. The molecule has 1 aromatic carbocycles. The van der Waals surface area contributed by atoms with Crippen LogP contribution in [0.3, 0.4) is 0 Å². The number of likely N-dealkylation sites (tertiary alicyclic amines) is 1. The third kappa shape index (κ3) is 4.87. The van der Waals surface area contributed by atoms with Gasteiger partial charge in [-0.05, 0) is 50.9 Å². The van der Waals surface area contributed by atoms with Gasteiger partial charge in [0.2, 0.25) is 0 Å². The number of hydrogen-bond donors (Lipinski definition) is 2. The molecule has 2 heterocycles. The molecule has 146 valence electrons. The van der Waals surface area contributed by atoms with Gasteiger partial charge >= 0.3 is 0 Å². The average molecular weight is 392 g/mol. The summed E-state index contributed by atoms with van der Waals surface area (Å²) < 4.78 is 1.44. The monoisotopic (exact) mass is 391 g/mol. The first-order valence-corrected chi connectivity index (χ1v) is 8.99. The van der Waals surface area contributed by atoms with Gasteiger partial charge < -0.3 is 16.0 Å². The van der Waals surface area contributed by atoms with Gasteiger partial charge in [-0.15, -0.1) is 12.4 Å². The molecule has 27 heavy (non-hydrogen) atoms. The summed E-state index contributed by atoms with van der Waals surface area (Å²) >= 11 is 0. The van der Waals surface area contributed by atoms with Gasteiger partial charge in [0, 0.05) is 19.2 Å². The van der Waals surface area contributed by atoms with Crippen LogP contribution in [0.5, 0.6) is 0 Å². The molecule has 0 spiro atoms. The second-order valence-electron chi connectivity index (χ2n) is 6.65. The van der Waals surface area contributed by atoms with E-state index in [-0.39, 0.29) is 29.7 Å². The fraction of sp³-hybridized carbons (Fsp3) is 0.421. The molecule has 0 radical (unpaired) electrons. The summed E-state index contributed by atoms with van der Waals surface area (Å²) in [6.45, 7) is 2.44. The lowest BCUT2D eigenvalue weighted by Gasteiger charge is -2.31. The number of para-hydroxylation sites is 1. The number of nitrogens with two attached hydrogens (primary N) is 1. The molecule has 1 aliphatic heterocycles. The molecule has 0 aliphatic carbocycles. The van der Waals surface area contributed by atoms with Crippen molar-refractivity contribution in [2.24, 2.45) is 11.7 Å². The first-order chi connectivity index (χ1) is 12.6. The molecule has 0 unspecified atom stereocenters. The van der Waals surface area contributed by atoms with Crippen LogP contribution in [0.15, 0.2) is 36.4 Å². The van der Waals surface area contributed by atoms with Gasteiger partial charge in [0.05, 0.1) is 5.69 Å². The van der Waals surface area contributed by atoms with Crippen LogP contribution in [0.1, 0.15) is 40.2 Å². The highest BCUT2D eigenvalue weighted by atomic mass is 35.5. The fourth-order valence-corrected chi connectivity index (χ4v) is 3.36. The summed E-state index contributed by atoms with van der Waals surface area (Å²) in [6.07, 6.45) is 3.12. The van der Waals surface area contributed by atoms with E-state index in [0.29, 0.717) is 11.6 Å². The summed E-state index contributed by atoms with van der Waals surface area (Å²) in [4.78, 5) is 26.4. The van der Waals surface area contributed by atoms with E-state index >= 15 is 0 Å². The maximum atomic E-state index is 12.8. The third-order valence-corrected chi connectivity index (χ3v) is 4.89. The van der Waals surface area contributed by atoms with E-state index in [9.17, 15) is 9.59 Å². The van der Waals surface area contributed by atoms with Gasteiger partial charge in [0.25, 0.3) is 11.8 Å². The third-order valence-electron chi connectivity index (χ3n) is 4.89. The largest absolute Gasteiger partial charge is 0.364 e. The molecule has 2 amide bonds. The minimum atomic E-state index is -0.605. The van der Waals surface area contributed by atoms with Crippen molar-refractivity contribution in [3.8, 4) is 5.69 Å². The Balaban J connectivity index is 0.00000261. The maximum absolute atomic E-state index is 12.8. The highest BCUT2D eigenvalue weighted by molar-refractivity contribution is 5.97. The molecule has 3 rings (SSSR count). The summed E-state index contributed by atoms with van der Waals surface area (Å²) in [5, 5.41) is 7.53. The van der Waals surface area contributed by atoms with Crippen molar-refractivity contribution in [2.75, 3.05) is 26.7 Å². The smallest absolute Gasteiger partial charge is 0.274 e. The number of halogens is 1. The number of benzene rings is 1. The molecule has 0 atom stereocenters. The summed E-state index contributed by atoms with van der Waals surface area (Å²) in [7, 11) is 1.96. The zero-order chi connectivity index (χ0) is 18.5. The van der Waals surface area contributed by atoms with Gasteiger partial charge in [-0.2, -0.15) is 5.10 Å². The Hall–Kier alpha value is -2.38. The molecule has 3 N–H and O–H groups in total.